The molecule has 1 aromatic heterocycles. The zero-order valence-electron chi connectivity index (χ0n) is 18.6. The van der Waals surface area contributed by atoms with Crippen molar-refractivity contribution < 1.29 is 8.42 Å². The minimum Gasteiger partial charge on any atom is -0.318 e. The molecule has 1 aliphatic heterocycles. The molecule has 7 heteroatoms. The van der Waals surface area contributed by atoms with Gasteiger partial charge >= 0.3 is 0 Å². The lowest BCUT2D eigenvalue weighted by atomic mass is 10.0. The molecule has 0 N–H and O–H groups in total. The van der Waals surface area contributed by atoms with Gasteiger partial charge in [0.25, 0.3) is 0 Å². The van der Waals surface area contributed by atoms with Gasteiger partial charge in [0.2, 0.25) is 15.0 Å². The SMILES string of the molecule is CCCCn1c(CN(C)C[C@@H]2CCCCN2C)cnc1S(=O)(=O)C1CCCCC1. The van der Waals surface area contributed by atoms with Gasteiger partial charge in [-0.2, -0.15) is 0 Å². The third-order valence-electron chi connectivity index (χ3n) is 6.76. The summed E-state index contributed by atoms with van der Waals surface area (Å²) in [6.07, 6.45) is 12.4. The number of hydrogen-bond acceptors (Lipinski definition) is 5. The molecule has 1 atom stereocenters. The summed E-state index contributed by atoms with van der Waals surface area (Å²) in [5, 5.41) is 0.0662. The summed E-state index contributed by atoms with van der Waals surface area (Å²) in [6, 6.07) is 0.589. The molecular formula is C22H40N4O2S. The number of likely N-dealkylation sites (tertiary alicyclic amines) is 1. The Morgan fingerprint density at radius 1 is 1.14 bits per heavy atom. The van der Waals surface area contributed by atoms with Gasteiger partial charge in [-0.05, 0) is 52.7 Å². The van der Waals surface area contributed by atoms with Gasteiger partial charge in [-0.1, -0.05) is 39.0 Å². The van der Waals surface area contributed by atoms with Gasteiger partial charge in [-0.25, -0.2) is 13.4 Å². The van der Waals surface area contributed by atoms with E-state index < -0.39 is 9.84 Å². The van der Waals surface area contributed by atoms with E-state index in [1.165, 1.54) is 25.8 Å². The molecule has 0 unspecified atom stereocenters. The highest BCUT2D eigenvalue weighted by atomic mass is 32.2. The lowest BCUT2D eigenvalue weighted by molar-refractivity contribution is 0.137. The average molecular weight is 425 g/mol. The van der Waals surface area contributed by atoms with Gasteiger partial charge in [0, 0.05) is 25.7 Å². The largest absolute Gasteiger partial charge is 0.318 e. The van der Waals surface area contributed by atoms with Gasteiger partial charge in [0.1, 0.15) is 0 Å². The fourth-order valence-electron chi connectivity index (χ4n) is 4.90. The van der Waals surface area contributed by atoms with Crippen molar-refractivity contribution in [1.29, 1.82) is 0 Å². The molecule has 0 spiro atoms. The van der Waals surface area contributed by atoms with Crippen LogP contribution in [0.3, 0.4) is 0 Å². The van der Waals surface area contributed by atoms with Crippen LogP contribution in [0.25, 0.3) is 0 Å². The fraction of sp³-hybridized carbons (Fsp3) is 0.864. The summed E-state index contributed by atoms with van der Waals surface area (Å²) in [5.41, 5.74) is 1.04. The maximum absolute atomic E-state index is 13.3. The summed E-state index contributed by atoms with van der Waals surface area (Å²) in [5.74, 6) is 0. The molecule has 1 saturated heterocycles. The van der Waals surface area contributed by atoms with Crippen molar-refractivity contribution in [3.05, 3.63) is 11.9 Å². The topological polar surface area (TPSA) is 58.4 Å². The first-order valence-corrected chi connectivity index (χ1v) is 13.1. The Kier molecular flexibility index (Phi) is 8.16. The molecule has 1 saturated carbocycles. The monoisotopic (exact) mass is 424 g/mol. The van der Waals surface area contributed by atoms with Gasteiger partial charge in [-0.3, -0.25) is 4.90 Å². The molecule has 0 aromatic carbocycles. The number of hydrogen-bond donors (Lipinski definition) is 0. The van der Waals surface area contributed by atoms with Crippen molar-refractivity contribution >= 4 is 9.84 Å². The number of rotatable bonds is 9. The van der Waals surface area contributed by atoms with Crippen LogP contribution in [0.4, 0.5) is 0 Å². The Bertz CT molecular complexity index is 740. The normalized spacial score (nSPS) is 22.4. The summed E-state index contributed by atoms with van der Waals surface area (Å²) in [7, 11) is 1.02. The highest BCUT2D eigenvalue weighted by Gasteiger charge is 2.33. The number of nitrogens with zero attached hydrogens (tertiary/aromatic N) is 4. The Balaban J connectivity index is 1.76. The molecule has 0 radical (unpaired) electrons. The van der Waals surface area contributed by atoms with Crippen LogP contribution in [0, 0.1) is 0 Å². The Labute approximate surface area is 177 Å². The maximum atomic E-state index is 13.3. The molecule has 29 heavy (non-hydrogen) atoms. The van der Waals surface area contributed by atoms with Crippen LogP contribution in [-0.2, 0) is 22.9 Å². The van der Waals surface area contributed by atoms with E-state index in [0.717, 1.165) is 70.3 Å². The van der Waals surface area contributed by atoms with Crippen molar-refractivity contribution in [2.24, 2.45) is 0 Å². The van der Waals surface area contributed by atoms with E-state index in [1.54, 1.807) is 0 Å². The van der Waals surface area contributed by atoms with Crippen molar-refractivity contribution in [3.63, 3.8) is 0 Å². The molecule has 2 heterocycles. The summed E-state index contributed by atoms with van der Waals surface area (Å²) >= 11 is 0. The van der Waals surface area contributed by atoms with Crippen LogP contribution in [0.5, 0.6) is 0 Å². The smallest absolute Gasteiger partial charge is 0.228 e. The minimum atomic E-state index is -3.35. The van der Waals surface area contributed by atoms with Crippen LogP contribution in [0.2, 0.25) is 0 Å². The molecule has 6 nitrogen and oxygen atoms in total. The third kappa shape index (κ3) is 5.61. The fourth-order valence-corrected chi connectivity index (χ4v) is 6.87. The van der Waals surface area contributed by atoms with E-state index in [4.69, 9.17) is 0 Å². The standard InChI is InChI=1S/C22H40N4O2S/c1-4-5-15-26-20(18-24(2)17-19-11-9-10-14-25(19)3)16-23-22(26)29(27,28)21-12-7-6-8-13-21/h16,19,21H,4-15,17-18H2,1-3H3/t19-/m0/s1. The van der Waals surface area contributed by atoms with E-state index in [9.17, 15) is 8.42 Å². The zero-order chi connectivity index (χ0) is 20.9. The summed E-state index contributed by atoms with van der Waals surface area (Å²) < 4.78 is 28.7. The molecule has 1 aliphatic carbocycles. The van der Waals surface area contributed by atoms with Gasteiger partial charge in [0.05, 0.1) is 17.1 Å². The second-order valence-electron chi connectivity index (χ2n) is 9.17. The number of sulfone groups is 1. The summed E-state index contributed by atoms with van der Waals surface area (Å²) in [6.45, 7) is 5.83. The molecule has 2 aliphatic rings. The predicted octanol–water partition coefficient (Wildman–Crippen LogP) is 3.71. The molecule has 2 fully saturated rings. The Morgan fingerprint density at radius 2 is 1.86 bits per heavy atom. The quantitative estimate of drug-likeness (QED) is 0.605. The Morgan fingerprint density at radius 3 is 2.55 bits per heavy atom. The zero-order valence-corrected chi connectivity index (χ0v) is 19.5. The first-order valence-electron chi connectivity index (χ1n) is 11.6. The second kappa shape index (κ2) is 10.4. The maximum Gasteiger partial charge on any atom is 0.228 e. The molecule has 3 rings (SSSR count). The highest BCUT2D eigenvalue weighted by Crippen LogP contribution is 2.29. The molecule has 0 bridgehead atoms. The Hall–Kier alpha value is -0.920. The lowest BCUT2D eigenvalue weighted by Gasteiger charge is -2.35. The summed E-state index contributed by atoms with van der Waals surface area (Å²) in [4.78, 5) is 9.27. The number of likely N-dealkylation sites (N-methyl/N-ethyl adjacent to an activating group) is 2. The number of imidazole rings is 1. The van der Waals surface area contributed by atoms with Gasteiger partial charge in [0.15, 0.2) is 0 Å². The van der Waals surface area contributed by atoms with Crippen LogP contribution in [-0.4, -0.2) is 66.2 Å². The average Bonchev–Trinajstić information content (AvgIpc) is 3.12. The van der Waals surface area contributed by atoms with E-state index >= 15 is 0 Å². The molecular weight excluding hydrogens is 384 g/mol. The van der Waals surface area contributed by atoms with E-state index in [2.05, 4.69) is 35.8 Å². The van der Waals surface area contributed by atoms with Crippen LogP contribution >= 0.6 is 0 Å². The van der Waals surface area contributed by atoms with Crippen LogP contribution in [0.15, 0.2) is 11.4 Å². The molecule has 166 valence electrons. The van der Waals surface area contributed by atoms with E-state index in [0.29, 0.717) is 11.2 Å². The van der Waals surface area contributed by atoms with Crippen LogP contribution in [0.1, 0.15) is 76.8 Å². The molecule has 1 aromatic rings. The van der Waals surface area contributed by atoms with E-state index in [-0.39, 0.29) is 5.25 Å². The molecule has 0 amide bonds. The first kappa shape index (κ1) is 22.8. The van der Waals surface area contributed by atoms with Gasteiger partial charge < -0.3 is 9.47 Å². The third-order valence-corrected chi connectivity index (χ3v) is 8.94. The minimum absolute atomic E-state index is 0.250. The van der Waals surface area contributed by atoms with Crippen molar-refractivity contribution in [2.75, 3.05) is 27.2 Å². The highest BCUT2D eigenvalue weighted by molar-refractivity contribution is 7.91. The number of aromatic nitrogens is 2. The van der Waals surface area contributed by atoms with Crippen molar-refractivity contribution in [1.82, 2.24) is 19.4 Å². The van der Waals surface area contributed by atoms with Crippen molar-refractivity contribution in [2.45, 2.75) is 101 Å². The number of unbranched alkanes of at least 4 members (excludes halogenated alkanes) is 1. The number of piperidine rings is 1. The lowest BCUT2D eigenvalue weighted by Crippen LogP contribution is -2.43. The van der Waals surface area contributed by atoms with Gasteiger partial charge in [-0.15, -0.1) is 0 Å². The van der Waals surface area contributed by atoms with Crippen LogP contribution < -0.4 is 0 Å². The second-order valence-corrected chi connectivity index (χ2v) is 11.3. The predicted molar refractivity (Wildman–Crippen MR) is 118 cm³/mol. The van der Waals surface area contributed by atoms with Crippen molar-refractivity contribution in [3.8, 4) is 0 Å². The van der Waals surface area contributed by atoms with E-state index in [1.807, 2.05) is 10.8 Å². The first-order chi connectivity index (χ1) is 13.9.